The second-order valence-electron chi connectivity index (χ2n) is 16.2. The predicted octanol–water partition coefficient (Wildman–Crippen LogP) is 10.7. The topological polar surface area (TPSA) is 144 Å². The van der Waals surface area contributed by atoms with Gasteiger partial charge in [0, 0.05) is 58.2 Å². The first-order valence-corrected chi connectivity index (χ1v) is 19.3. The Balaban J connectivity index is 0.000000148. The summed E-state index contributed by atoms with van der Waals surface area (Å²) in [5.41, 5.74) is 14.9. The lowest BCUT2D eigenvalue weighted by molar-refractivity contribution is 0.124. The van der Waals surface area contributed by atoms with Gasteiger partial charge in [-0.25, -0.2) is 15.0 Å². The summed E-state index contributed by atoms with van der Waals surface area (Å²) in [4.78, 5) is 21.4. The molecule has 10 rings (SSSR count). The van der Waals surface area contributed by atoms with E-state index >= 15 is 0 Å². The molecule has 0 spiro atoms. The van der Waals surface area contributed by atoms with Crippen molar-refractivity contribution in [2.75, 3.05) is 0 Å². The fourth-order valence-corrected chi connectivity index (χ4v) is 7.52. The van der Waals surface area contributed by atoms with Gasteiger partial charge in [0.15, 0.2) is 0 Å². The number of imidazole rings is 2. The van der Waals surface area contributed by atoms with Gasteiger partial charge in [-0.3, -0.25) is 0 Å². The van der Waals surface area contributed by atoms with Crippen molar-refractivity contribution in [3.63, 3.8) is 0 Å². The van der Waals surface area contributed by atoms with Crippen molar-refractivity contribution in [1.82, 2.24) is 40.6 Å². The zero-order valence-corrected chi connectivity index (χ0v) is 32.9. The maximum absolute atomic E-state index is 6.01. The van der Waals surface area contributed by atoms with Gasteiger partial charge >= 0.3 is 0 Å². The van der Waals surface area contributed by atoms with Crippen LogP contribution in [0.5, 0.6) is 5.88 Å². The summed E-state index contributed by atoms with van der Waals surface area (Å²) in [5, 5.41) is 11.4. The third kappa shape index (κ3) is 6.93. The minimum absolute atomic E-state index is 0.315. The Hall–Kier alpha value is -6.23. The standard InChI is InChI=1S/C24H26N4O2.C21H20N4O/c1-13-21(14(2)30-28-13)17-10-18(16-8-9-25-20(12-16)29-24(3,4)5)22-19(11-17)26-23(27-22)15-6-7-15;1-11-8-15(6-7-22-11)17-9-16(19-12(2)25-26-13(19)3)10-18-20(17)24-21(23-18)14-4-5-14/h8-12,15H,6-7H2,1-5H3,(H,26,27);6-10,14,22H,1,4-5H2,2-3H3,(H,23,24). The Morgan fingerprint density at radius 3 is 1.79 bits per heavy atom. The molecule has 5 aromatic heterocycles. The highest BCUT2D eigenvalue weighted by atomic mass is 16.5. The van der Waals surface area contributed by atoms with E-state index in [2.05, 4.69) is 73.6 Å². The Labute approximate surface area is 325 Å². The van der Waals surface area contributed by atoms with E-state index in [4.69, 9.17) is 23.8 Å². The normalized spacial score (nSPS) is 15.6. The number of nitrogens with one attached hydrogen (secondary N) is 3. The largest absolute Gasteiger partial charge is 0.472 e. The quantitative estimate of drug-likeness (QED) is 0.145. The Kier molecular flexibility index (Phi) is 8.56. The number of allylic oxidation sites excluding steroid dienone is 3. The highest BCUT2D eigenvalue weighted by molar-refractivity contribution is 5.98. The zero-order chi connectivity index (χ0) is 38.9. The van der Waals surface area contributed by atoms with Gasteiger partial charge < -0.3 is 29.1 Å². The van der Waals surface area contributed by atoms with E-state index in [0.717, 1.165) is 107 Å². The van der Waals surface area contributed by atoms with Crippen LogP contribution in [0.15, 0.2) is 82.3 Å². The molecule has 2 saturated carbocycles. The van der Waals surface area contributed by atoms with Gasteiger partial charge in [-0.05, 0) is 139 Å². The molecule has 11 nitrogen and oxygen atoms in total. The molecule has 1 aliphatic heterocycles. The van der Waals surface area contributed by atoms with Crippen LogP contribution in [-0.2, 0) is 0 Å². The van der Waals surface area contributed by atoms with Crippen molar-refractivity contribution >= 4 is 27.6 Å². The van der Waals surface area contributed by atoms with Crippen molar-refractivity contribution in [3.05, 3.63) is 113 Å². The molecule has 0 saturated heterocycles. The third-order valence-electron chi connectivity index (χ3n) is 10.4. The molecule has 2 aliphatic carbocycles. The van der Waals surface area contributed by atoms with Gasteiger partial charge in [-0.2, -0.15) is 0 Å². The molecule has 0 unspecified atom stereocenters. The molecule has 3 N–H and O–H groups in total. The van der Waals surface area contributed by atoms with Crippen LogP contribution in [0.4, 0.5) is 0 Å². The first-order chi connectivity index (χ1) is 26.9. The SMILES string of the molecule is C=C1C=C(c2cc(-c3c(C)noc3C)cc3[nH]c(C4CC4)nc23)C=CN1.Cc1noc(C)c1-c1cc(-c2ccnc(OC(C)(C)C)c2)c2nc(C3CC3)[nH]c2c1. The molecular formula is C45H46N8O3. The fourth-order valence-electron chi connectivity index (χ4n) is 7.52. The van der Waals surface area contributed by atoms with E-state index in [-0.39, 0.29) is 5.60 Å². The van der Waals surface area contributed by atoms with E-state index in [0.29, 0.717) is 17.7 Å². The minimum atomic E-state index is -0.315. The lowest BCUT2D eigenvalue weighted by Crippen LogP contribution is -2.23. The molecule has 3 aliphatic rings. The van der Waals surface area contributed by atoms with E-state index < -0.39 is 0 Å². The molecule has 2 fully saturated rings. The van der Waals surface area contributed by atoms with Crippen LogP contribution >= 0.6 is 0 Å². The monoisotopic (exact) mass is 746 g/mol. The lowest BCUT2D eigenvalue weighted by atomic mass is 9.95. The molecule has 0 amide bonds. The average molecular weight is 747 g/mol. The third-order valence-corrected chi connectivity index (χ3v) is 10.4. The summed E-state index contributed by atoms with van der Waals surface area (Å²) in [7, 11) is 0. The summed E-state index contributed by atoms with van der Waals surface area (Å²) >= 11 is 0. The van der Waals surface area contributed by atoms with Crippen molar-refractivity contribution in [3.8, 4) is 39.3 Å². The first-order valence-electron chi connectivity index (χ1n) is 19.3. The Morgan fingerprint density at radius 2 is 1.29 bits per heavy atom. The van der Waals surface area contributed by atoms with Crippen LogP contribution in [-0.4, -0.2) is 40.8 Å². The second-order valence-corrected chi connectivity index (χ2v) is 16.2. The number of aromatic nitrogens is 7. The number of aromatic amines is 2. The van der Waals surface area contributed by atoms with E-state index in [1.54, 1.807) is 6.20 Å². The number of benzene rings is 2. The molecule has 0 atom stereocenters. The number of dihydropyridines is 1. The number of pyridine rings is 1. The number of rotatable bonds is 7. The van der Waals surface area contributed by atoms with Gasteiger partial charge in [0.1, 0.15) is 28.8 Å². The number of fused-ring (bicyclic) bond motifs is 2. The number of nitrogens with zero attached hydrogens (tertiary/aromatic N) is 5. The van der Waals surface area contributed by atoms with Crippen LogP contribution in [0.2, 0.25) is 0 Å². The summed E-state index contributed by atoms with van der Waals surface area (Å²) in [6, 6.07) is 12.7. The van der Waals surface area contributed by atoms with Gasteiger partial charge in [0.25, 0.3) is 0 Å². The number of hydrogen-bond donors (Lipinski definition) is 3. The van der Waals surface area contributed by atoms with Crippen LogP contribution < -0.4 is 10.1 Å². The fraction of sp³-hybridized carbons (Fsp3) is 0.311. The highest BCUT2D eigenvalue weighted by Gasteiger charge is 2.29. The highest BCUT2D eigenvalue weighted by Crippen LogP contribution is 2.43. The van der Waals surface area contributed by atoms with E-state index in [1.807, 2.05) is 66.8 Å². The van der Waals surface area contributed by atoms with Crippen molar-refractivity contribution in [1.29, 1.82) is 0 Å². The lowest BCUT2D eigenvalue weighted by Gasteiger charge is -2.20. The van der Waals surface area contributed by atoms with Crippen molar-refractivity contribution < 1.29 is 13.8 Å². The van der Waals surface area contributed by atoms with Crippen LogP contribution in [0.1, 0.15) is 98.4 Å². The van der Waals surface area contributed by atoms with E-state index in [1.165, 1.54) is 25.7 Å². The van der Waals surface area contributed by atoms with Crippen LogP contribution in [0.25, 0.3) is 61.0 Å². The molecule has 7 aromatic rings. The van der Waals surface area contributed by atoms with Crippen molar-refractivity contribution in [2.24, 2.45) is 0 Å². The summed E-state index contributed by atoms with van der Waals surface area (Å²) in [6.45, 7) is 17.9. The molecular weight excluding hydrogens is 701 g/mol. The predicted molar refractivity (Wildman–Crippen MR) is 219 cm³/mol. The number of ether oxygens (including phenoxy) is 1. The number of H-pyrrole nitrogens is 2. The molecule has 2 aromatic carbocycles. The maximum atomic E-state index is 6.01. The van der Waals surface area contributed by atoms with Crippen LogP contribution in [0, 0.1) is 27.7 Å². The van der Waals surface area contributed by atoms with Crippen molar-refractivity contribution in [2.45, 2.75) is 91.6 Å². The number of hydrogen-bond acceptors (Lipinski definition) is 9. The van der Waals surface area contributed by atoms with E-state index in [9.17, 15) is 0 Å². The van der Waals surface area contributed by atoms with Gasteiger partial charge in [-0.1, -0.05) is 16.9 Å². The zero-order valence-electron chi connectivity index (χ0n) is 32.9. The molecule has 0 radical (unpaired) electrons. The molecule has 284 valence electrons. The van der Waals surface area contributed by atoms with Crippen LogP contribution in [0.3, 0.4) is 0 Å². The molecule has 11 heteroatoms. The Morgan fingerprint density at radius 1 is 0.732 bits per heavy atom. The average Bonchev–Trinajstić information content (AvgIpc) is 4.05. The minimum Gasteiger partial charge on any atom is -0.472 e. The van der Waals surface area contributed by atoms with Gasteiger partial charge in [-0.15, -0.1) is 0 Å². The summed E-state index contributed by atoms with van der Waals surface area (Å²) in [6.07, 6.45) is 12.7. The smallest absolute Gasteiger partial charge is 0.214 e. The number of aryl methyl sites for hydroxylation is 4. The Bertz CT molecular complexity index is 2690. The maximum Gasteiger partial charge on any atom is 0.214 e. The van der Waals surface area contributed by atoms with Gasteiger partial charge in [0.2, 0.25) is 5.88 Å². The molecule has 6 heterocycles. The molecule has 0 bridgehead atoms. The first kappa shape index (κ1) is 35.5. The second kappa shape index (κ2) is 13.5. The van der Waals surface area contributed by atoms with Gasteiger partial charge in [0.05, 0.1) is 33.5 Å². The molecule has 56 heavy (non-hydrogen) atoms. The summed E-state index contributed by atoms with van der Waals surface area (Å²) < 4.78 is 16.8. The summed E-state index contributed by atoms with van der Waals surface area (Å²) in [5.74, 6) is 5.53.